The predicted octanol–water partition coefficient (Wildman–Crippen LogP) is 15.9. The third kappa shape index (κ3) is 43.5. The molecule has 0 unspecified atom stereocenters. The summed E-state index contributed by atoms with van der Waals surface area (Å²) >= 11 is 0. The molecule has 0 aliphatic heterocycles. The average Bonchev–Trinajstić information content (AvgIpc) is 3.18. The highest BCUT2D eigenvalue weighted by molar-refractivity contribution is 5.71. The van der Waals surface area contributed by atoms with Gasteiger partial charge in [-0.15, -0.1) is 0 Å². The SMILES string of the molecule is CCCCCCCCCCCCCCCCCC(=O)OC[C@H](COC(=O)CCCCCCCCCCCCCCC)OC(=O)CCCCCCCCCC(C)C. The topological polar surface area (TPSA) is 78.9 Å². The Morgan fingerprint density at radius 3 is 0.875 bits per heavy atom. The molecule has 0 aromatic carbocycles. The van der Waals surface area contributed by atoms with Crippen molar-refractivity contribution in [2.24, 2.45) is 5.92 Å². The van der Waals surface area contributed by atoms with Gasteiger partial charge in [-0.25, -0.2) is 0 Å². The van der Waals surface area contributed by atoms with E-state index >= 15 is 0 Å². The minimum atomic E-state index is -0.760. The van der Waals surface area contributed by atoms with E-state index in [1.54, 1.807) is 0 Å². The van der Waals surface area contributed by atoms with Gasteiger partial charge in [-0.05, 0) is 25.2 Å². The van der Waals surface area contributed by atoms with Gasteiger partial charge in [-0.1, -0.05) is 240 Å². The van der Waals surface area contributed by atoms with Crippen molar-refractivity contribution in [1.29, 1.82) is 0 Å². The molecule has 0 saturated carbocycles. The number of rotatable bonds is 45. The second-order valence-corrected chi connectivity index (χ2v) is 17.6. The summed E-state index contributed by atoms with van der Waals surface area (Å²) in [6, 6.07) is 0. The van der Waals surface area contributed by atoms with Crippen molar-refractivity contribution in [3.8, 4) is 0 Å². The summed E-state index contributed by atoms with van der Waals surface area (Å²) in [6.07, 6.45) is 45.2. The van der Waals surface area contributed by atoms with Crippen molar-refractivity contribution in [3.63, 3.8) is 0 Å². The van der Waals surface area contributed by atoms with Gasteiger partial charge in [-0.3, -0.25) is 14.4 Å². The Bertz CT molecular complexity index is 841. The first-order valence-electron chi connectivity index (χ1n) is 24.9. The smallest absolute Gasteiger partial charge is 0.306 e. The van der Waals surface area contributed by atoms with Crippen molar-refractivity contribution in [1.82, 2.24) is 0 Å². The molecule has 0 spiro atoms. The summed E-state index contributed by atoms with van der Waals surface area (Å²) < 4.78 is 16.8. The van der Waals surface area contributed by atoms with Crippen LogP contribution in [0.4, 0.5) is 0 Å². The van der Waals surface area contributed by atoms with Crippen LogP contribution in [-0.2, 0) is 28.6 Å². The van der Waals surface area contributed by atoms with Gasteiger partial charge in [0.2, 0.25) is 0 Å². The molecule has 1 atom stereocenters. The van der Waals surface area contributed by atoms with Gasteiger partial charge in [-0.2, -0.15) is 0 Å². The Balaban J connectivity index is 4.28. The number of carbonyl (C=O) groups excluding carboxylic acids is 3. The van der Waals surface area contributed by atoms with Crippen LogP contribution in [0, 0.1) is 5.92 Å². The molecule has 0 aromatic heterocycles. The Morgan fingerprint density at radius 1 is 0.339 bits per heavy atom. The molecule has 0 amide bonds. The summed E-state index contributed by atoms with van der Waals surface area (Å²) in [5.74, 6) is -0.0725. The summed E-state index contributed by atoms with van der Waals surface area (Å²) in [7, 11) is 0. The van der Waals surface area contributed by atoms with E-state index in [0.717, 1.165) is 63.7 Å². The lowest BCUT2D eigenvalue weighted by Gasteiger charge is -2.18. The second kappa shape index (κ2) is 44.5. The normalized spacial score (nSPS) is 11.9. The van der Waals surface area contributed by atoms with E-state index in [2.05, 4.69) is 27.7 Å². The van der Waals surface area contributed by atoms with E-state index in [9.17, 15) is 14.4 Å². The van der Waals surface area contributed by atoms with Crippen LogP contribution in [0.1, 0.15) is 278 Å². The number of hydrogen-bond acceptors (Lipinski definition) is 6. The van der Waals surface area contributed by atoms with Crippen LogP contribution in [0.15, 0.2) is 0 Å². The summed E-state index contributed by atoms with van der Waals surface area (Å²) in [4.78, 5) is 37.8. The third-order valence-electron chi connectivity index (χ3n) is 11.3. The molecule has 0 aromatic rings. The first kappa shape index (κ1) is 54.4. The number of ether oxygens (including phenoxy) is 3. The van der Waals surface area contributed by atoms with Crippen molar-refractivity contribution >= 4 is 17.9 Å². The van der Waals surface area contributed by atoms with E-state index in [1.165, 1.54) is 173 Å². The van der Waals surface area contributed by atoms with E-state index in [0.29, 0.717) is 19.3 Å². The van der Waals surface area contributed by atoms with Gasteiger partial charge in [0.25, 0.3) is 0 Å². The van der Waals surface area contributed by atoms with Gasteiger partial charge in [0.15, 0.2) is 6.10 Å². The largest absolute Gasteiger partial charge is 0.462 e. The van der Waals surface area contributed by atoms with Crippen LogP contribution in [0.2, 0.25) is 0 Å². The first-order valence-corrected chi connectivity index (χ1v) is 24.9. The Kier molecular flexibility index (Phi) is 43.2. The van der Waals surface area contributed by atoms with Gasteiger partial charge in [0, 0.05) is 19.3 Å². The van der Waals surface area contributed by atoms with Crippen molar-refractivity contribution in [2.45, 2.75) is 284 Å². The van der Waals surface area contributed by atoms with E-state index in [1.807, 2.05) is 0 Å². The fourth-order valence-electron chi connectivity index (χ4n) is 7.51. The lowest BCUT2D eigenvalue weighted by atomic mass is 10.0. The Labute approximate surface area is 348 Å². The minimum absolute atomic E-state index is 0.0638. The molecular formula is C50H96O6. The lowest BCUT2D eigenvalue weighted by molar-refractivity contribution is -0.167. The van der Waals surface area contributed by atoms with E-state index in [4.69, 9.17) is 14.2 Å². The van der Waals surface area contributed by atoms with E-state index < -0.39 is 6.10 Å². The van der Waals surface area contributed by atoms with Crippen LogP contribution in [0.5, 0.6) is 0 Å². The monoisotopic (exact) mass is 793 g/mol. The summed E-state index contributed by atoms with van der Waals surface area (Å²) in [5.41, 5.74) is 0. The van der Waals surface area contributed by atoms with Crippen LogP contribution in [0.25, 0.3) is 0 Å². The van der Waals surface area contributed by atoms with Crippen LogP contribution in [-0.4, -0.2) is 37.2 Å². The maximum atomic E-state index is 12.7. The van der Waals surface area contributed by atoms with Gasteiger partial charge >= 0.3 is 17.9 Å². The zero-order chi connectivity index (χ0) is 41.0. The molecule has 0 bridgehead atoms. The molecule has 0 fully saturated rings. The maximum absolute atomic E-state index is 12.7. The zero-order valence-electron chi connectivity index (χ0n) is 38.1. The average molecular weight is 793 g/mol. The van der Waals surface area contributed by atoms with Crippen molar-refractivity contribution in [2.75, 3.05) is 13.2 Å². The highest BCUT2D eigenvalue weighted by Crippen LogP contribution is 2.17. The fourth-order valence-corrected chi connectivity index (χ4v) is 7.51. The minimum Gasteiger partial charge on any atom is -0.462 e. The van der Waals surface area contributed by atoms with Gasteiger partial charge in [0.05, 0.1) is 0 Å². The molecule has 0 aliphatic carbocycles. The maximum Gasteiger partial charge on any atom is 0.306 e. The highest BCUT2D eigenvalue weighted by atomic mass is 16.6. The molecule has 332 valence electrons. The molecule has 56 heavy (non-hydrogen) atoms. The Morgan fingerprint density at radius 2 is 0.589 bits per heavy atom. The number of carbonyl (C=O) groups is 3. The number of unbranched alkanes of at least 4 members (excludes halogenated alkanes) is 32. The summed E-state index contributed by atoms with van der Waals surface area (Å²) in [6.45, 7) is 8.97. The molecule has 6 nitrogen and oxygen atoms in total. The van der Waals surface area contributed by atoms with E-state index in [-0.39, 0.29) is 31.1 Å². The van der Waals surface area contributed by atoms with Crippen LogP contribution >= 0.6 is 0 Å². The number of esters is 3. The first-order chi connectivity index (χ1) is 27.4. The molecule has 0 heterocycles. The fraction of sp³-hybridized carbons (Fsp3) is 0.940. The number of hydrogen-bond donors (Lipinski definition) is 0. The molecule has 0 aliphatic rings. The molecule has 0 rings (SSSR count). The Hall–Kier alpha value is -1.59. The van der Waals surface area contributed by atoms with Crippen LogP contribution < -0.4 is 0 Å². The molecule has 0 saturated heterocycles. The highest BCUT2D eigenvalue weighted by Gasteiger charge is 2.19. The quantitative estimate of drug-likeness (QED) is 0.0347. The lowest BCUT2D eigenvalue weighted by Crippen LogP contribution is -2.30. The summed E-state index contributed by atoms with van der Waals surface area (Å²) in [5, 5.41) is 0. The second-order valence-electron chi connectivity index (χ2n) is 17.6. The molecule has 0 radical (unpaired) electrons. The van der Waals surface area contributed by atoms with Crippen molar-refractivity contribution < 1.29 is 28.6 Å². The zero-order valence-corrected chi connectivity index (χ0v) is 38.1. The third-order valence-corrected chi connectivity index (χ3v) is 11.3. The molecule has 6 heteroatoms. The molecule has 0 N–H and O–H groups in total. The van der Waals surface area contributed by atoms with Crippen molar-refractivity contribution in [3.05, 3.63) is 0 Å². The van der Waals surface area contributed by atoms with Gasteiger partial charge in [0.1, 0.15) is 13.2 Å². The van der Waals surface area contributed by atoms with Gasteiger partial charge < -0.3 is 14.2 Å². The molecular weight excluding hydrogens is 697 g/mol. The standard InChI is InChI=1S/C50H96O6/c1-5-7-9-11-13-15-17-19-20-22-24-26-30-34-38-42-49(52)55-45-47(56-50(53)43-39-35-31-27-28-32-36-40-46(3)4)44-54-48(51)41-37-33-29-25-23-21-18-16-14-12-10-8-6-2/h46-47H,5-45H2,1-4H3/t47-/m0/s1. The van der Waals surface area contributed by atoms with Crippen LogP contribution in [0.3, 0.4) is 0 Å². The predicted molar refractivity (Wildman–Crippen MR) is 238 cm³/mol.